The summed E-state index contributed by atoms with van der Waals surface area (Å²) >= 11 is 0. The average Bonchev–Trinajstić information content (AvgIpc) is 2.68. The van der Waals surface area contributed by atoms with Crippen LogP contribution in [-0.4, -0.2) is 21.2 Å². The molecule has 102 valence electrons. The van der Waals surface area contributed by atoms with Gasteiger partial charge in [0, 0.05) is 18.4 Å². The largest absolute Gasteiger partial charge is 0.443 e. The molecule has 0 aliphatic rings. The van der Waals surface area contributed by atoms with Crippen LogP contribution in [0.4, 0.5) is 4.79 Å². The van der Waals surface area contributed by atoms with Crippen LogP contribution in [0.25, 0.3) is 11.0 Å². The Morgan fingerprint density at radius 2 is 2.16 bits per heavy atom. The molecule has 5 nitrogen and oxygen atoms in total. The van der Waals surface area contributed by atoms with E-state index in [9.17, 15) is 4.79 Å². The maximum Gasteiger partial charge on any atom is 0.419 e. The molecule has 0 spiro atoms. The third kappa shape index (κ3) is 2.93. The number of aromatic nitrogens is 2. The summed E-state index contributed by atoms with van der Waals surface area (Å²) in [7, 11) is 0. The third-order valence-electron chi connectivity index (χ3n) is 2.68. The molecule has 0 aliphatic heterocycles. The van der Waals surface area contributed by atoms with Crippen molar-refractivity contribution in [1.82, 2.24) is 9.55 Å². The van der Waals surface area contributed by atoms with E-state index >= 15 is 0 Å². The Bertz CT molecular complexity index is 609. The molecule has 2 aromatic rings. The highest BCUT2D eigenvalue weighted by atomic mass is 16.6. The fourth-order valence-corrected chi connectivity index (χ4v) is 1.75. The van der Waals surface area contributed by atoms with E-state index in [0.29, 0.717) is 5.52 Å². The zero-order valence-electron chi connectivity index (χ0n) is 11.7. The van der Waals surface area contributed by atoms with Crippen molar-refractivity contribution in [1.29, 1.82) is 0 Å². The van der Waals surface area contributed by atoms with Crippen molar-refractivity contribution < 1.29 is 9.53 Å². The lowest BCUT2D eigenvalue weighted by Crippen LogP contribution is -2.26. The highest BCUT2D eigenvalue weighted by Crippen LogP contribution is 2.19. The van der Waals surface area contributed by atoms with Crippen molar-refractivity contribution in [3.05, 3.63) is 30.1 Å². The van der Waals surface area contributed by atoms with Gasteiger partial charge in [0.15, 0.2) is 0 Å². The molecule has 2 heterocycles. The van der Waals surface area contributed by atoms with Gasteiger partial charge >= 0.3 is 6.09 Å². The molecule has 2 rings (SSSR count). The lowest BCUT2D eigenvalue weighted by Gasteiger charge is -2.19. The fourth-order valence-electron chi connectivity index (χ4n) is 1.75. The van der Waals surface area contributed by atoms with Gasteiger partial charge in [0.25, 0.3) is 0 Å². The average molecular weight is 261 g/mol. The van der Waals surface area contributed by atoms with Gasteiger partial charge in [-0.05, 0) is 45.4 Å². The van der Waals surface area contributed by atoms with Crippen molar-refractivity contribution in [3.63, 3.8) is 0 Å². The molecule has 0 fully saturated rings. The Morgan fingerprint density at radius 1 is 1.47 bits per heavy atom. The van der Waals surface area contributed by atoms with Crippen LogP contribution in [0, 0.1) is 0 Å². The number of pyridine rings is 1. The number of nitrogens with two attached hydrogens (primary N) is 1. The first-order valence-electron chi connectivity index (χ1n) is 6.24. The van der Waals surface area contributed by atoms with Crippen molar-refractivity contribution in [2.24, 2.45) is 5.73 Å². The lowest BCUT2D eigenvalue weighted by molar-refractivity contribution is 0.0544. The molecule has 0 unspecified atom stereocenters. The van der Waals surface area contributed by atoms with Crippen molar-refractivity contribution in [2.45, 2.75) is 39.3 Å². The summed E-state index contributed by atoms with van der Waals surface area (Å²) in [5, 5.41) is 0. The predicted octanol–water partition coefficient (Wildman–Crippen LogP) is 2.84. The molecule has 0 amide bonds. The van der Waals surface area contributed by atoms with E-state index in [4.69, 9.17) is 10.5 Å². The molecule has 2 N–H and O–H groups in total. The second kappa shape index (κ2) is 4.66. The van der Waals surface area contributed by atoms with Crippen molar-refractivity contribution in [2.75, 3.05) is 0 Å². The molecular weight excluding hydrogens is 242 g/mol. The molecule has 2 aromatic heterocycles. The van der Waals surface area contributed by atoms with Crippen molar-refractivity contribution in [3.8, 4) is 0 Å². The molecule has 0 saturated carbocycles. The number of hydrogen-bond donors (Lipinski definition) is 1. The van der Waals surface area contributed by atoms with Crippen LogP contribution in [0.1, 0.15) is 39.3 Å². The number of ether oxygens (including phenoxy) is 1. The van der Waals surface area contributed by atoms with E-state index in [2.05, 4.69) is 4.98 Å². The quantitative estimate of drug-likeness (QED) is 0.857. The predicted molar refractivity (Wildman–Crippen MR) is 74.0 cm³/mol. The van der Waals surface area contributed by atoms with E-state index in [1.807, 2.05) is 33.8 Å². The first-order chi connectivity index (χ1) is 8.78. The molecule has 0 bridgehead atoms. The van der Waals surface area contributed by atoms with Crippen molar-refractivity contribution >= 4 is 17.1 Å². The molecule has 0 aliphatic carbocycles. The number of rotatable bonds is 1. The van der Waals surface area contributed by atoms with E-state index < -0.39 is 11.7 Å². The Balaban J connectivity index is 2.43. The Hall–Kier alpha value is -1.88. The Kier molecular flexibility index (Phi) is 3.32. The minimum absolute atomic E-state index is 0.126. The standard InChI is InChI=1S/C14H19N3O2/c1-9(15)10-7-12-11(16-8-10)5-6-17(12)13(18)19-14(2,3)4/h5-9H,15H2,1-4H3/t9-/m0/s1. The summed E-state index contributed by atoms with van der Waals surface area (Å²) in [6.07, 6.45) is 2.98. The SMILES string of the molecule is C[C@H](N)c1cnc2ccn(C(=O)OC(C)(C)C)c2c1. The molecule has 1 atom stereocenters. The van der Waals surface area contributed by atoms with Gasteiger partial charge < -0.3 is 10.5 Å². The Morgan fingerprint density at radius 3 is 2.74 bits per heavy atom. The molecule has 19 heavy (non-hydrogen) atoms. The highest BCUT2D eigenvalue weighted by Gasteiger charge is 2.19. The fraction of sp³-hybridized carbons (Fsp3) is 0.429. The van der Waals surface area contributed by atoms with Gasteiger partial charge in [-0.3, -0.25) is 9.55 Å². The summed E-state index contributed by atoms with van der Waals surface area (Å²) < 4.78 is 6.81. The zero-order chi connectivity index (χ0) is 14.2. The van der Waals surface area contributed by atoms with Gasteiger partial charge in [-0.2, -0.15) is 0 Å². The topological polar surface area (TPSA) is 70.1 Å². The normalized spacial score (nSPS) is 13.5. The molecular formula is C14H19N3O2. The number of carbonyl (C=O) groups excluding carboxylic acids is 1. The molecule has 5 heteroatoms. The van der Waals surface area contributed by atoms with Crippen LogP contribution in [0.5, 0.6) is 0 Å². The van der Waals surface area contributed by atoms with Crippen LogP contribution >= 0.6 is 0 Å². The first-order valence-corrected chi connectivity index (χ1v) is 6.24. The van der Waals surface area contributed by atoms with Gasteiger partial charge in [-0.15, -0.1) is 0 Å². The number of fused-ring (bicyclic) bond motifs is 1. The Labute approximate surface area is 112 Å². The van der Waals surface area contributed by atoms with Gasteiger partial charge in [-0.25, -0.2) is 4.79 Å². The van der Waals surface area contributed by atoms with E-state index in [1.165, 1.54) is 4.57 Å². The minimum Gasteiger partial charge on any atom is -0.443 e. The summed E-state index contributed by atoms with van der Waals surface area (Å²) in [4.78, 5) is 16.4. The van der Waals surface area contributed by atoms with E-state index in [1.54, 1.807) is 18.5 Å². The molecule has 0 aromatic carbocycles. The second-order valence-corrected chi connectivity index (χ2v) is 5.63. The first kappa shape index (κ1) is 13.5. The third-order valence-corrected chi connectivity index (χ3v) is 2.68. The van der Waals surface area contributed by atoms with E-state index in [-0.39, 0.29) is 6.04 Å². The highest BCUT2D eigenvalue weighted by molar-refractivity contribution is 5.87. The van der Waals surface area contributed by atoms with Crippen LogP contribution in [-0.2, 0) is 4.74 Å². The monoisotopic (exact) mass is 261 g/mol. The van der Waals surface area contributed by atoms with Gasteiger partial charge in [0.2, 0.25) is 0 Å². The van der Waals surface area contributed by atoms with Crippen LogP contribution < -0.4 is 5.73 Å². The maximum atomic E-state index is 12.1. The summed E-state index contributed by atoms with van der Waals surface area (Å²) in [6.45, 7) is 7.39. The number of carbonyl (C=O) groups is 1. The van der Waals surface area contributed by atoms with E-state index in [0.717, 1.165) is 11.1 Å². The van der Waals surface area contributed by atoms with Gasteiger partial charge in [0.1, 0.15) is 5.60 Å². The number of hydrogen-bond acceptors (Lipinski definition) is 4. The van der Waals surface area contributed by atoms with Gasteiger partial charge in [-0.1, -0.05) is 0 Å². The minimum atomic E-state index is -0.528. The maximum absolute atomic E-state index is 12.1. The molecule has 0 radical (unpaired) electrons. The summed E-state index contributed by atoms with van der Waals surface area (Å²) in [5.41, 5.74) is 7.65. The zero-order valence-corrected chi connectivity index (χ0v) is 11.7. The second-order valence-electron chi connectivity index (χ2n) is 5.63. The van der Waals surface area contributed by atoms with Crippen LogP contribution in [0.3, 0.4) is 0 Å². The summed E-state index contributed by atoms with van der Waals surface area (Å²) in [6, 6.07) is 3.53. The number of nitrogens with zero attached hydrogens (tertiary/aromatic N) is 2. The van der Waals surface area contributed by atoms with Gasteiger partial charge in [0.05, 0.1) is 11.0 Å². The smallest absolute Gasteiger partial charge is 0.419 e. The van der Waals surface area contributed by atoms with Crippen LogP contribution in [0.15, 0.2) is 24.5 Å². The molecule has 0 saturated heterocycles. The summed E-state index contributed by atoms with van der Waals surface area (Å²) in [5.74, 6) is 0. The lowest BCUT2D eigenvalue weighted by atomic mass is 10.1. The van der Waals surface area contributed by atoms with Crippen LogP contribution in [0.2, 0.25) is 0 Å².